The van der Waals surface area contributed by atoms with Gasteiger partial charge in [0.25, 0.3) is 0 Å². The van der Waals surface area contributed by atoms with E-state index in [9.17, 15) is 4.79 Å². The monoisotopic (exact) mass is 286 g/mol. The Hall–Kier alpha value is -1.35. The lowest BCUT2D eigenvalue weighted by Gasteiger charge is -2.36. The van der Waals surface area contributed by atoms with Gasteiger partial charge in [0.1, 0.15) is 0 Å². The standard InChI is InChI=1S/C18H26N2O/c1-14(16-9-10-16)20(13-15-7-4-3-5-8-15)17(21)18(2)11-6-12-19-18/h3-5,7-8,14,16,19H,6,9-13H2,1-2H3. The first-order valence-corrected chi connectivity index (χ1v) is 8.20. The second-order valence-corrected chi connectivity index (χ2v) is 6.86. The molecule has 0 spiro atoms. The highest BCUT2D eigenvalue weighted by atomic mass is 16.2. The number of carbonyl (C=O) groups is 1. The van der Waals surface area contributed by atoms with Crippen LogP contribution in [0.1, 0.15) is 45.1 Å². The number of amides is 1. The molecule has 21 heavy (non-hydrogen) atoms. The maximum absolute atomic E-state index is 13.1. The number of carbonyl (C=O) groups excluding carboxylic acids is 1. The van der Waals surface area contributed by atoms with E-state index in [1.165, 1.54) is 18.4 Å². The first-order chi connectivity index (χ1) is 10.1. The second kappa shape index (κ2) is 5.80. The van der Waals surface area contributed by atoms with E-state index < -0.39 is 0 Å². The molecule has 0 bridgehead atoms. The molecule has 1 amide bonds. The summed E-state index contributed by atoms with van der Waals surface area (Å²) in [4.78, 5) is 15.2. The summed E-state index contributed by atoms with van der Waals surface area (Å²) in [5.74, 6) is 0.978. The zero-order chi connectivity index (χ0) is 14.9. The smallest absolute Gasteiger partial charge is 0.243 e. The van der Waals surface area contributed by atoms with Crippen LogP contribution in [-0.2, 0) is 11.3 Å². The molecule has 1 aromatic rings. The fourth-order valence-electron chi connectivity index (χ4n) is 3.41. The molecular weight excluding hydrogens is 260 g/mol. The molecule has 114 valence electrons. The molecule has 3 rings (SSSR count). The molecular formula is C18H26N2O. The lowest BCUT2D eigenvalue weighted by atomic mass is 9.96. The van der Waals surface area contributed by atoms with Crippen LogP contribution in [0.3, 0.4) is 0 Å². The van der Waals surface area contributed by atoms with Crippen molar-refractivity contribution in [3.8, 4) is 0 Å². The van der Waals surface area contributed by atoms with Crippen LogP contribution in [0, 0.1) is 5.92 Å². The Morgan fingerprint density at radius 2 is 2.10 bits per heavy atom. The van der Waals surface area contributed by atoms with Crippen LogP contribution in [0.15, 0.2) is 30.3 Å². The third kappa shape index (κ3) is 3.13. The molecule has 1 heterocycles. The third-order valence-corrected chi connectivity index (χ3v) is 5.09. The van der Waals surface area contributed by atoms with Gasteiger partial charge >= 0.3 is 0 Å². The van der Waals surface area contributed by atoms with Gasteiger partial charge in [-0.25, -0.2) is 0 Å². The second-order valence-electron chi connectivity index (χ2n) is 6.86. The van der Waals surface area contributed by atoms with Crippen molar-refractivity contribution in [2.45, 2.75) is 57.7 Å². The quantitative estimate of drug-likeness (QED) is 0.902. The van der Waals surface area contributed by atoms with Crippen molar-refractivity contribution in [2.75, 3.05) is 6.54 Å². The van der Waals surface area contributed by atoms with Gasteiger partial charge in [0.2, 0.25) is 5.91 Å². The maximum atomic E-state index is 13.1. The Balaban J connectivity index is 1.80. The summed E-state index contributed by atoms with van der Waals surface area (Å²) in [7, 11) is 0. The van der Waals surface area contributed by atoms with Crippen molar-refractivity contribution in [2.24, 2.45) is 5.92 Å². The number of benzene rings is 1. The van der Waals surface area contributed by atoms with Gasteiger partial charge in [-0.15, -0.1) is 0 Å². The van der Waals surface area contributed by atoms with Crippen molar-refractivity contribution in [1.82, 2.24) is 10.2 Å². The molecule has 3 heteroatoms. The van der Waals surface area contributed by atoms with Crippen LogP contribution in [0.4, 0.5) is 0 Å². The van der Waals surface area contributed by atoms with Crippen molar-refractivity contribution in [3.05, 3.63) is 35.9 Å². The predicted molar refractivity (Wildman–Crippen MR) is 84.8 cm³/mol. The summed E-state index contributed by atoms with van der Waals surface area (Å²) in [6.45, 7) is 5.98. The summed E-state index contributed by atoms with van der Waals surface area (Å²) in [5, 5.41) is 3.42. The van der Waals surface area contributed by atoms with Crippen molar-refractivity contribution in [3.63, 3.8) is 0 Å². The molecule has 1 aliphatic carbocycles. The van der Waals surface area contributed by atoms with Gasteiger partial charge in [0.05, 0.1) is 5.54 Å². The minimum Gasteiger partial charge on any atom is -0.334 e. The van der Waals surface area contributed by atoms with Crippen molar-refractivity contribution in [1.29, 1.82) is 0 Å². The zero-order valence-corrected chi connectivity index (χ0v) is 13.1. The van der Waals surface area contributed by atoms with Crippen LogP contribution >= 0.6 is 0 Å². The number of nitrogens with zero attached hydrogens (tertiary/aromatic N) is 1. The van der Waals surface area contributed by atoms with Crippen molar-refractivity contribution >= 4 is 5.91 Å². The Kier molecular flexibility index (Phi) is 4.03. The Labute approximate surface area is 127 Å². The van der Waals surface area contributed by atoms with Crippen LogP contribution in [-0.4, -0.2) is 28.9 Å². The van der Waals surface area contributed by atoms with Crippen molar-refractivity contribution < 1.29 is 4.79 Å². The number of hydrogen-bond donors (Lipinski definition) is 1. The first kappa shape index (κ1) is 14.6. The van der Waals surface area contributed by atoms with Crippen LogP contribution in [0.25, 0.3) is 0 Å². The molecule has 2 atom stereocenters. The molecule has 3 nitrogen and oxygen atoms in total. The van der Waals surface area contributed by atoms with E-state index in [-0.39, 0.29) is 11.4 Å². The van der Waals surface area contributed by atoms with Gasteiger partial charge in [-0.05, 0) is 57.6 Å². The van der Waals surface area contributed by atoms with Crippen LogP contribution in [0.2, 0.25) is 0 Å². The van der Waals surface area contributed by atoms with Gasteiger partial charge < -0.3 is 10.2 Å². The maximum Gasteiger partial charge on any atom is 0.243 e. The Morgan fingerprint density at radius 3 is 2.67 bits per heavy atom. The van der Waals surface area contributed by atoms with E-state index in [2.05, 4.69) is 48.3 Å². The molecule has 1 saturated heterocycles. The number of nitrogens with one attached hydrogen (secondary N) is 1. The van der Waals surface area contributed by atoms with Gasteiger partial charge in [-0.3, -0.25) is 4.79 Å². The van der Waals surface area contributed by atoms with Gasteiger partial charge in [-0.1, -0.05) is 30.3 Å². The van der Waals surface area contributed by atoms with E-state index in [1.807, 2.05) is 6.07 Å². The Bertz CT molecular complexity index is 489. The molecule has 2 aliphatic rings. The fraction of sp³-hybridized carbons (Fsp3) is 0.611. The average Bonchev–Trinajstić information content (AvgIpc) is 3.26. The van der Waals surface area contributed by atoms with E-state index in [4.69, 9.17) is 0 Å². The normalized spacial score (nSPS) is 26.6. The van der Waals surface area contributed by atoms with Crippen LogP contribution in [0.5, 0.6) is 0 Å². The molecule has 2 fully saturated rings. The lowest BCUT2D eigenvalue weighted by Crippen LogP contribution is -2.55. The van der Waals surface area contributed by atoms with E-state index in [0.717, 1.165) is 25.9 Å². The minimum absolute atomic E-state index is 0.281. The van der Waals surface area contributed by atoms with E-state index in [0.29, 0.717) is 12.0 Å². The van der Waals surface area contributed by atoms with E-state index >= 15 is 0 Å². The molecule has 1 N–H and O–H groups in total. The molecule has 2 unspecified atom stereocenters. The number of rotatable bonds is 5. The molecule has 0 aromatic heterocycles. The average molecular weight is 286 g/mol. The molecule has 1 aromatic carbocycles. The highest BCUT2D eigenvalue weighted by Crippen LogP contribution is 2.37. The first-order valence-electron chi connectivity index (χ1n) is 8.20. The lowest BCUT2D eigenvalue weighted by molar-refractivity contribution is -0.140. The summed E-state index contributed by atoms with van der Waals surface area (Å²) < 4.78 is 0. The SMILES string of the molecule is CC(C1CC1)N(Cc1ccccc1)C(=O)C1(C)CCCN1. The highest BCUT2D eigenvalue weighted by Gasteiger charge is 2.43. The predicted octanol–water partition coefficient (Wildman–Crippen LogP) is 2.96. The third-order valence-electron chi connectivity index (χ3n) is 5.09. The fourth-order valence-corrected chi connectivity index (χ4v) is 3.41. The minimum atomic E-state index is -0.363. The van der Waals surface area contributed by atoms with Crippen LogP contribution < -0.4 is 5.32 Å². The molecule has 1 aliphatic heterocycles. The number of hydrogen-bond acceptors (Lipinski definition) is 2. The van der Waals surface area contributed by atoms with Gasteiger partial charge in [-0.2, -0.15) is 0 Å². The summed E-state index contributed by atoms with van der Waals surface area (Å²) in [6.07, 6.45) is 4.58. The zero-order valence-electron chi connectivity index (χ0n) is 13.1. The molecule has 0 radical (unpaired) electrons. The highest BCUT2D eigenvalue weighted by molar-refractivity contribution is 5.86. The summed E-state index contributed by atoms with van der Waals surface area (Å²) in [5.41, 5.74) is 0.859. The topological polar surface area (TPSA) is 32.3 Å². The molecule has 1 saturated carbocycles. The van der Waals surface area contributed by atoms with E-state index in [1.54, 1.807) is 0 Å². The summed E-state index contributed by atoms with van der Waals surface area (Å²) in [6, 6.07) is 10.7. The Morgan fingerprint density at radius 1 is 1.38 bits per heavy atom. The largest absolute Gasteiger partial charge is 0.334 e. The van der Waals surface area contributed by atoms with Gasteiger partial charge in [0.15, 0.2) is 0 Å². The summed E-state index contributed by atoms with van der Waals surface area (Å²) >= 11 is 0. The van der Waals surface area contributed by atoms with Gasteiger partial charge in [0, 0.05) is 12.6 Å².